The van der Waals surface area contributed by atoms with Gasteiger partial charge >= 0.3 is 0 Å². The van der Waals surface area contributed by atoms with Crippen LogP contribution in [0.4, 0.5) is 4.39 Å². The Bertz CT molecular complexity index is 1200. The van der Waals surface area contributed by atoms with Gasteiger partial charge in [0.25, 0.3) is 5.56 Å². The lowest BCUT2D eigenvalue weighted by Crippen LogP contribution is -2.21. The van der Waals surface area contributed by atoms with Crippen molar-refractivity contribution in [3.63, 3.8) is 0 Å². The van der Waals surface area contributed by atoms with Crippen molar-refractivity contribution >= 4 is 21.9 Å². The number of hydrogen-bond donors (Lipinski definition) is 1. The van der Waals surface area contributed by atoms with Crippen LogP contribution in [0.5, 0.6) is 11.5 Å². The number of nitrogens with one attached hydrogen (secondary N) is 1. The van der Waals surface area contributed by atoms with Gasteiger partial charge in [-0.15, -0.1) is 0 Å². The molecule has 0 unspecified atom stereocenters. The Morgan fingerprint density at radius 3 is 2.96 bits per heavy atom. The molecule has 0 atom stereocenters. The van der Waals surface area contributed by atoms with E-state index in [1.807, 2.05) is 18.2 Å². The van der Waals surface area contributed by atoms with Crippen LogP contribution in [-0.4, -0.2) is 21.3 Å². The molecular formula is C18H12FN3O3. The van der Waals surface area contributed by atoms with Crippen LogP contribution in [0.25, 0.3) is 21.9 Å². The van der Waals surface area contributed by atoms with E-state index in [0.29, 0.717) is 40.0 Å². The van der Waals surface area contributed by atoms with Crippen molar-refractivity contribution in [3.8, 4) is 11.5 Å². The van der Waals surface area contributed by atoms with E-state index in [4.69, 9.17) is 9.47 Å². The van der Waals surface area contributed by atoms with E-state index >= 15 is 0 Å². The zero-order chi connectivity index (χ0) is 17.0. The fourth-order valence-electron chi connectivity index (χ4n) is 3.11. The molecule has 1 N–H and O–H groups in total. The molecule has 2 aromatic carbocycles. The first-order chi connectivity index (χ1) is 12.2. The molecule has 4 aromatic rings. The minimum Gasteiger partial charge on any atom is -0.454 e. The summed E-state index contributed by atoms with van der Waals surface area (Å²) in [6, 6.07) is 9.88. The number of benzene rings is 2. The Kier molecular flexibility index (Phi) is 2.85. The van der Waals surface area contributed by atoms with E-state index in [9.17, 15) is 9.18 Å². The zero-order valence-electron chi connectivity index (χ0n) is 13.0. The molecule has 0 saturated heterocycles. The van der Waals surface area contributed by atoms with Crippen molar-refractivity contribution in [2.45, 2.75) is 6.54 Å². The van der Waals surface area contributed by atoms with Gasteiger partial charge in [0.15, 0.2) is 11.5 Å². The SMILES string of the molecule is O=c1c2[nH]c3ccc(F)cc3c2ncn1Cc1ccc2c(c1)OCO2. The van der Waals surface area contributed by atoms with E-state index in [1.165, 1.54) is 23.0 Å². The Morgan fingerprint density at radius 2 is 2.04 bits per heavy atom. The van der Waals surface area contributed by atoms with E-state index in [-0.39, 0.29) is 18.2 Å². The first-order valence-corrected chi connectivity index (χ1v) is 7.74. The van der Waals surface area contributed by atoms with Crippen molar-refractivity contribution in [1.29, 1.82) is 0 Å². The third-order valence-electron chi connectivity index (χ3n) is 4.32. The standard InChI is InChI=1S/C18H12FN3O3/c19-11-2-3-13-12(6-11)16-17(21-13)18(23)22(8-20-16)7-10-1-4-14-15(5-10)25-9-24-14/h1-6,8,21H,7,9H2. The number of aromatic amines is 1. The van der Waals surface area contributed by atoms with Crippen LogP contribution >= 0.6 is 0 Å². The fraction of sp³-hybridized carbons (Fsp3) is 0.111. The van der Waals surface area contributed by atoms with Crippen molar-refractivity contribution in [3.05, 3.63) is 64.5 Å². The Hall–Kier alpha value is -3.35. The number of ether oxygens (including phenoxy) is 2. The summed E-state index contributed by atoms with van der Waals surface area (Å²) >= 11 is 0. The molecule has 124 valence electrons. The Morgan fingerprint density at radius 1 is 1.16 bits per heavy atom. The average molecular weight is 337 g/mol. The summed E-state index contributed by atoms with van der Waals surface area (Å²) in [5, 5.41) is 0.599. The third kappa shape index (κ3) is 2.16. The molecular weight excluding hydrogens is 325 g/mol. The molecule has 2 aromatic heterocycles. The molecule has 1 aliphatic rings. The molecule has 0 fully saturated rings. The second kappa shape index (κ2) is 5.07. The van der Waals surface area contributed by atoms with Crippen LogP contribution in [0.15, 0.2) is 47.5 Å². The normalized spacial score (nSPS) is 13.0. The van der Waals surface area contributed by atoms with Gasteiger partial charge in [-0.2, -0.15) is 0 Å². The van der Waals surface area contributed by atoms with Gasteiger partial charge < -0.3 is 14.5 Å². The minimum absolute atomic E-state index is 0.206. The summed E-state index contributed by atoms with van der Waals surface area (Å²) in [5.74, 6) is 1.00. The van der Waals surface area contributed by atoms with Crippen molar-refractivity contribution in [1.82, 2.24) is 14.5 Å². The molecule has 7 heteroatoms. The van der Waals surface area contributed by atoms with Crippen LogP contribution in [0.1, 0.15) is 5.56 Å². The lowest BCUT2D eigenvalue weighted by molar-refractivity contribution is 0.174. The van der Waals surface area contributed by atoms with E-state index in [1.54, 1.807) is 6.07 Å². The number of fused-ring (bicyclic) bond motifs is 4. The number of halogens is 1. The predicted molar refractivity (Wildman–Crippen MR) is 89.5 cm³/mol. The van der Waals surface area contributed by atoms with Crippen molar-refractivity contribution < 1.29 is 13.9 Å². The molecule has 3 heterocycles. The highest BCUT2D eigenvalue weighted by molar-refractivity contribution is 6.04. The highest BCUT2D eigenvalue weighted by Crippen LogP contribution is 2.32. The Labute approximate surface area is 140 Å². The lowest BCUT2D eigenvalue weighted by atomic mass is 10.2. The first-order valence-electron chi connectivity index (χ1n) is 7.74. The summed E-state index contributed by atoms with van der Waals surface area (Å²) in [6.45, 7) is 0.556. The van der Waals surface area contributed by atoms with E-state index < -0.39 is 0 Å². The van der Waals surface area contributed by atoms with E-state index in [2.05, 4.69) is 9.97 Å². The molecule has 5 rings (SSSR count). The molecule has 6 nitrogen and oxygen atoms in total. The second-order valence-corrected chi connectivity index (χ2v) is 5.90. The predicted octanol–water partition coefficient (Wildman–Crippen LogP) is 2.79. The zero-order valence-corrected chi connectivity index (χ0v) is 13.0. The minimum atomic E-state index is -0.361. The lowest BCUT2D eigenvalue weighted by Gasteiger charge is -2.06. The highest BCUT2D eigenvalue weighted by Gasteiger charge is 2.15. The fourth-order valence-corrected chi connectivity index (χ4v) is 3.11. The summed E-state index contributed by atoms with van der Waals surface area (Å²) < 4.78 is 25.6. The van der Waals surface area contributed by atoms with Gasteiger partial charge in [-0.1, -0.05) is 6.07 Å². The summed E-state index contributed by atoms with van der Waals surface area (Å²) in [7, 11) is 0. The maximum atomic E-state index is 13.5. The van der Waals surface area contributed by atoms with Gasteiger partial charge in [0.05, 0.1) is 12.9 Å². The van der Waals surface area contributed by atoms with E-state index in [0.717, 1.165) is 5.56 Å². The maximum absolute atomic E-state index is 13.5. The summed E-state index contributed by atoms with van der Waals surface area (Å²) in [4.78, 5) is 20.1. The molecule has 0 bridgehead atoms. The van der Waals surface area contributed by atoms with Crippen LogP contribution in [0, 0.1) is 5.82 Å². The first kappa shape index (κ1) is 14.0. The molecule has 1 aliphatic heterocycles. The summed E-state index contributed by atoms with van der Waals surface area (Å²) in [6.07, 6.45) is 1.48. The largest absolute Gasteiger partial charge is 0.454 e. The van der Waals surface area contributed by atoms with Crippen molar-refractivity contribution in [2.24, 2.45) is 0 Å². The molecule has 0 spiro atoms. The molecule has 25 heavy (non-hydrogen) atoms. The highest BCUT2D eigenvalue weighted by atomic mass is 19.1. The van der Waals surface area contributed by atoms with Gasteiger partial charge in [-0.3, -0.25) is 9.36 Å². The van der Waals surface area contributed by atoms with Gasteiger partial charge in [0.1, 0.15) is 16.9 Å². The quantitative estimate of drug-likeness (QED) is 0.611. The number of hydrogen-bond acceptors (Lipinski definition) is 4. The molecule has 0 aliphatic carbocycles. The van der Waals surface area contributed by atoms with Gasteiger partial charge in [-0.25, -0.2) is 9.37 Å². The molecule has 0 radical (unpaired) electrons. The smallest absolute Gasteiger partial charge is 0.277 e. The van der Waals surface area contributed by atoms with Crippen LogP contribution in [-0.2, 0) is 6.54 Å². The summed E-state index contributed by atoms with van der Waals surface area (Å²) in [5.41, 5.74) is 2.21. The van der Waals surface area contributed by atoms with Crippen molar-refractivity contribution in [2.75, 3.05) is 6.79 Å². The van der Waals surface area contributed by atoms with Crippen LogP contribution < -0.4 is 15.0 Å². The van der Waals surface area contributed by atoms with Gasteiger partial charge in [-0.05, 0) is 35.9 Å². The monoisotopic (exact) mass is 337 g/mol. The second-order valence-electron chi connectivity index (χ2n) is 5.90. The Balaban J connectivity index is 1.61. The number of nitrogens with zero attached hydrogens (tertiary/aromatic N) is 2. The topological polar surface area (TPSA) is 69.1 Å². The molecule has 0 amide bonds. The molecule has 0 saturated carbocycles. The number of rotatable bonds is 2. The van der Waals surface area contributed by atoms with Crippen LogP contribution in [0.2, 0.25) is 0 Å². The third-order valence-corrected chi connectivity index (χ3v) is 4.32. The van der Waals surface area contributed by atoms with Gasteiger partial charge in [0.2, 0.25) is 6.79 Å². The maximum Gasteiger partial charge on any atom is 0.277 e. The van der Waals surface area contributed by atoms with Gasteiger partial charge in [0, 0.05) is 10.9 Å². The van der Waals surface area contributed by atoms with Crippen LogP contribution in [0.3, 0.4) is 0 Å². The average Bonchev–Trinajstić information content (AvgIpc) is 3.21. The number of aromatic nitrogens is 3. The number of H-pyrrole nitrogens is 1.